The fraction of sp³-hybridized carbons (Fsp3) is 0.625. The van der Waals surface area contributed by atoms with Crippen LogP contribution in [-0.2, 0) is 14.4 Å². The van der Waals surface area contributed by atoms with Crippen molar-refractivity contribution in [1.82, 2.24) is 4.68 Å². The lowest BCUT2D eigenvalue weighted by Gasteiger charge is -2.23. The maximum atomic E-state index is 12.7. The van der Waals surface area contributed by atoms with Crippen molar-refractivity contribution in [2.75, 3.05) is 5.01 Å². The summed E-state index contributed by atoms with van der Waals surface area (Å²) < 4.78 is 1.56. The average molecular weight is 333 g/mol. The van der Waals surface area contributed by atoms with Crippen molar-refractivity contribution in [2.45, 2.75) is 45.4 Å². The molecule has 1 aromatic heterocycles. The van der Waals surface area contributed by atoms with Crippen LogP contribution in [0.5, 0.6) is 0 Å². The second kappa shape index (κ2) is 5.40. The van der Waals surface area contributed by atoms with Crippen LogP contribution in [0, 0.1) is 24.7 Å². The van der Waals surface area contributed by atoms with Crippen molar-refractivity contribution in [1.29, 1.82) is 0 Å². The molecule has 0 N–H and O–H groups in total. The molecule has 0 bridgehead atoms. The Labute approximate surface area is 137 Å². The molecule has 3 fully saturated rings. The van der Waals surface area contributed by atoms with Crippen molar-refractivity contribution in [3.8, 4) is 0 Å². The first kappa shape index (κ1) is 14.8. The number of aromatic nitrogens is 1. The Kier molecular flexibility index (Phi) is 3.48. The van der Waals surface area contributed by atoms with Crippen LogP contribution in [0.15, 0.2) is 10.4 Å². The Bertz CT molecular complexity index is 727. The molecule has 0 aliphatic heterocycles. The van der Waals surface area contributed by atoms with Crippen LogP contribution in [0.2, 0.25) is 0 Å². The Morgan fingerprint density at radius 1 is 1.04 bits per heavy atom. The third kappa shape index (κ3) is 2.89. The standard InChI is InChI=1S/C16H19N3O3S/c1-9-8-23-16(17-13(20)10-2-3-10)18(9)19(14(21)11-4-5-11)15(22)12-6-7-12/h8,10-12H,2-7H2,1H3. The molecule has 7 heteroatoms. The van der Waals surface area contributed by atoms with E-state index >= 15 is 0 Å². The van der Waals surface area contributed by atoms with E-state index in [0.29, 0.717) is 4.80 Å². The van der Waals surface area contributed by atoms with Gasteiger partial charge in [0.2, 0.25) is 4.80 Å². The van der Waals surface area contributed by atoms with Crippen LogP contribution in [-0.4, -0.2) is 22.4 Å². The molecule has 1 heterocycles. The Morgan fingerprint density at radius 2 is 1.57 bits per heavy atom. The van der Waals surface area contributed by atoms with Gasteiger partial charge in [-0.3, -0.25) is 14.4 Å². The van der Waals surface area contributed by atoms with Gasteiger partial charge < -0.3 is 0 Å². The SMILES string of the molecule is Cc1csc(=NC(=O)C2CC2)n1N(C(=O)C1CC1)C(=O)C1CC1. The van der Waals surface area contributed by atoms with Gasteiger partial charge in [-0.1, -0.05) is 0 Å². The van der Waals surface area contributed by atoms with E-state index in [1.165, 1.54) is 16.3 Å². The summed E-state index contributed by atoms with van der Waals surface area (Å²) in [5.41, 5.74) is 0.764. The highest BCUT2D eigenvalue weighted by atomic mass is 32.1. The molecule has 0 radical (unpaired) electrons. The van der Waals surface area contributed by atoms with Crippen LogP contribution in [0.3, 0.4) is 0 Å². The van der Waals surface area contributed by atoms with Crippen LogP contribution in [0.25, 0.3) is 0 Å². The fourth-order valence-electron chi connectivity index (χ4n) is 2.53. The predicted molar refractivity (Wildman–Crippen MR) is 84.0 cm³/mol. The molecule has 3 saturated carbocycles. The zero-order valence-electron chi connectivity index (χ0n) is 13.0. The quantitative estimate of drug-likeness (QED) is 0.784. The monoisotopic (exact) mass is 333 g/mol. The summed E-state index contributed by atoms with van der Waals surface area (Å²) >= 11 is 1.31. The van der Waals surface area contributed by atoms with Crippen molar-refractivity contribution in [3.63, 3.8) is 0 Å². The second-order valence-electron chi connectivity index (χ2n) is 6.73. The van der Waals surface area contributed by atoms with E-state index in [2.05, 4.69) is 4.99 Å². The molecule has 1 aromatic rings. The number of carbonyl (C=O) groups is 3. The molecule has 0 saturated heterocycles. The zero-order chi connectivity index (χ0) is 16.1. The minimum absolute atomic E-state index is 0.0255. The van der Waals surface area contributed by atoms with Gasteiger partial charge in [0.05, 0.1) is 5.69 Å². The molecule has 3 aliphatic carbocycles. The molecule has 3 aliphatic rings. The molecule has 23 heavy (non-hydrogen) atoms. The molecule has 0 unspecified atom stereocenters. The summed E-state index contributed by atoms with van der Waals surface area (Å²) in [6.07, 6.45) is 5.13. The number of amides is 3. The van der Waals surface area contributed by atoms with E-state index in [9.17, 15) is 14.4 Å². The zero-order valence-corrected chi connectivity index (χ0v) is 13.8. The number of thiazole rings is 1. The number of aryl methyl sites for hydroxylation is 1. The minimum Gasteiger partial charge on any atom is -0.272 e. The highest BCUT2D eigenvalue weighted by Crippen LogP contribution is 2.35. The summed E-state index contributed by atoms with van der Waals surface area (Å²) in [5, 5.41) is 3.10. The molecule has 0 aromatic carbocycles. The third-order valence-electron chi connectivity index (χ3n) is 4.45. The van der Waals surface area contributed by atoms with Crippen molar-refractivity contribution < 1.29 is 14.4 Å². The smallest absolute Gasteiger partial charge is 0.251 e. The molecule has 122 valence electrons. The van der Waals surface area contributed by atoms with Gasteiger partial charge >= 0.3 is 0 Å². The molecular weight excluding hydrogens is 314 g/mol. The number of hydrogen-bond acceptors (Lipinski definition) is 4. The number of imide groups is 1. The highest BCUT2D eigenvalue weighted by Gasteiger charge is 2.43. The highest BCUT2D eigenvalue weighted by molar-refractivity contribution is 7.07. The van der Waals surface area contributed by atoms with Crippen molar-refractivity contribution in [3.05, 3.63) is 15.9 Å². The van der Waals surface area contributed by atoms with Gasteiger partial charge in [0, 0.05) is 23.1 Å². The largest absolute Gasteiger partial charge is 0.272 e. The van der Waals surface area contributed by atoms with E-state index in [0.717, 1.165) is 44.2 Å². The molecule has 4 rings (SSSR count). The van der Waals surface area contributed by atoms with Gasteiger partial charge in [-0.2, -0.15) is 10.0 Å². The lowest BCUT2D eigenvalue weighted by Crippen LogP contribution is -2.51. The lowest BCUT2D eigenvalue weighted by molar-refractivity contribution is -0.130. The maximum absolute atomic E-state index is 12.7. The first-order chi connectivity index (χ1) is 11.1. The topological polar surface area (TPSA) is 71.7 Å². The van der Waals surface area contributed by atoms with Crippen LogP contribution >= 0.6 is 11.3 Å². The van der Waals surface area contributed by atoms with Gasteiger partial charge in [-0.05, 0) is 45.4 Å². The molecule has 0 atom stereocenters. The van der Waals surface area contributed by atoms with Gasteiger partial charge in [0.15, 0.2) is 0 Å². The van der Waals surface area contributed by atoms with Crippen molar-refractivity contribution >= 4 is 29.1 Å². The Morgan fingerprint density at radius 3 is 2.04 bits per heavy atom. The molecule has 0 spiro atoms. The third-order valence-corrected chi connectivity index (χ3v) is 5.39. The summed E-state index contributed by atoms with van der Waals surface area (Å²) in [6, 6.07) is 0. The maximum Gasteiger partial charge on any atom is 0.251 e. The summed E-state index contributed by atoms with van der Waals surface area (Å²) in [7, 11) is 0. The molecular formula is C16H19N3O3S. The number of carbonyl (C=O) groups excluding carboxylic acids is 3. The van der Waals surface area contributed by atoms with E-state index in [1.807, 2.05) is 12.3 Å². The Balaban J connectivity index is 1.75. The second-order valence-corrected chi connectivity index (χ2v) is 7.57. The van der Waals surface area contributed by atoms with Gasteiger partial charge in [0.1, 0.15) is 0 Å². The summed E-state index contributed by atoms with van der Waals surface area (Å²) in [4.78, 5) is 42.0. The number of hydrogen-bond donors (Lipinski definition) is 0. The first-order valence-corrected chi connectivity index (χ1v) is 9.08. The van der Waals surface area contributed by atoms with Gasteiger partial charge in [-0.15, -0.1) is 11.3 Å². The number of rotatable bonds is 4. The normalized spacial score (nSPS) is 21.3. The molecule has 3 amide bonds. The fourth-order valence-corrected chi connectivity index (χ4v) is 3.38. The molecule has 6 nitrogen and oxygen atoms in total. The summed E-state index contributed by atoms with van der Waals surface area (Å²) in [6.45, 7) is 1.84. The van der Waals surface area contributed by atoms with E-state index in [-0.39, 0.29) is 35.5 Å². The minimum atomic E-state index is -0.149. The van der Waals surface area contributed by atoms with Crippen LogP contribution in [0.1, 0.15) is 44.2 Å². The van der Waals surface area contributed by atoms with E-state index in [4.69, 9.17) is 0 Å². The van der Waals surface area contributed by atoms with E-state index < -0.39 is 0 Å². The predicted octanol–water partition coefficient (Wildman–Crippen LogP) is 1.51. The first-order valence-electron chi connectivity index (χ1n) is 8.20. The van der Waals surface area contributed by atoms with Crippen LogP contribution < -0.4 is 9.81 Å². The van der Waals surface area contributed by atoms with E-state index in [1.54, 1.807) is 4.68 Å². The Hall–Kier alpha value is -1.76. The summed E-state index contributed by atoms with van der Waals surface area (Å²) in [5.74, 6) is -0.531. The van der Waals surface area contributed by atoms with Crippen molar-refractivity contribution in [2.24, 2.45) is 22.7 Å². The number of nitrogens with zero attached hydrogens (tertiary/aromatic N) is 3. The van der Waals surface area contributed by atoms with Gasteiger partial charge in [-0.25, -0.2) is 4.68 Å². The van der Waals surface area contributed by atoms with Gasteiger partial charge in [0.25, 0.3) is 17.7 Å². The average Bonchev–Trinajstić information content (AvgIpc) is 3.42. The lowest BCUT2D eigenvalue weighted by atomic mass is 10.3. The van der Waals surface area contributed by atoms with Crippen LogP contribution in [0.4, 0.5) is 0 Å².